The normalized spacial score (nSPS) is 11.4. The largest absolute Gasteiger partial charge is 0.450 e. The standard InChI is InChI=1S/C15H33NO4Si/c1-5-18-15(17)16-13-11-9-10-12-14-21(8-4,19-6-2)20-7-3/h5-14H2,1-4H3,(H,16,17). The topological polar surface area (TPSA) is 56.8 Å². The molecule has 0 aromatic heterocycles. The zero-order chi connectivity index (χ0) is 16.0. The molecule has 126 valence electrons. The highest BCUT2D eigenvalue weighted by Crippen LogP contribution is 2.22. The van der Waals surface area contributed by atoms with E-state index in [1.807, 2.05) is 13.8 Å². The quantitative estimate of drug-likeness (QED) is 0.414. The first-order chi connectivity index (χ1) is 10.1. The fourth-order valence-electron chi connectivity index (χ4n) is 2.34. The minimum Gasteiger partial charge on any atom is -0.450 e. The third-order valence-electron chi connectivity index (χ3n) is 3.38. The Balaban J connectivity index is 3.73. The molecule has 6 heteroatoms. The van der Waals surface area contributed by atoms with Crippen LogP contribution in [0.4, 0.5) is 4.79 Å². The molecule has 0 saturated carbocycles. The molecule has 5 nitrogen and oxygen atoms in total. The van der Waals surface area contributed by atoms with E-state index in [0.29, 0.717) is 13.2 Å². The number of nitrogens with one attached hydrogen (secondary N) is 1. The van der Waals surface area contributed by atoms with E-state index in [4.69, 9.17) is 13.6 Å². The summed E-state index contributed by atoms with van der Waals surface area (Å²) in [6.45, 7) is 10.6. The van der Waals surface area contributed by atoms with Crippen LogP contribution in [0.3, 0.4) is 0 Å². The minimum atomic E-state index is -1.96. The lowest BCUT2D eigenvalue weighted by Gasteiger charge is -2.28. The third-order valence-corrected chi connectivity index (χ3v) is 7.20. The number of hydrogen-bond acceptors (Lipinski definition) is 4. The van der Waals surface area contributed by atoms with Crippen LogP contribution in [-0.4, -0.2) is 41.0 Å². The van der Waals surface area contributed by atoms with Crippen molar-refractivity contribution in [2.45, 2.75) is 65.5 Å². The van der Waals surface area contributed by atoms with Crippen molar-refractivity contribution in [1.29, 1.82) is 0 Å². The fraction of sp³-hybridized carbons (Fsp3) is 0.933. The van der Waals surface area contributed by atoms with Gasteiger partial charge in [-0.25, -0.2) is 4.79 Å². The fourth-order valence-corrected chi connectivity index (χ4v) is 5.31. The molecule has 0 aromatic carbocycles. The number of carbonyl (C=O) groups excluding carboxylic acids is 1. The summed E-state index contributed by atoms with van der Waals surface area (Å²) in [5.74, 6) is 0. The van der Waals surface area contributed by atoms with Gasteiger partial charge in [0.2, 0.25) is 0 Å². The number of carbonyl (C=O) groups is 1. The van der Waals surface area contributed by atoms with Gasteiger partial charge in [0.05, 0.1) is 6.61 Å². The lowest BCUT2D eigenvalue weighted by Crippen LogP contribution is -2.41. The summed E-state index contributed by atoms with van der Waals surface area (Å²) in [6, 6.07) is 2.08. The maximum Gasteiger partial charge on any atom is 0.407 e. The zero-order valence-corrected chi connectivity index (χ0v) is 15.2. The lowest BCUT2D eigenvalue weighted by molar-refractivity contribution is 0.152. The van der Waals surface area contributed by atoms with Crippen molar-refractivity contribution in [3.63, 3.8) is 0 Å². The highest BCUT2D eigenvalue weighted by atomic mass is 28.4. The van der Waals surface area contributed by atoms with Gasteiger partial charge >= 0.3 is 14.7 Å². The van der Waals surface area contributed by atoms with Gasteiger partial charge in [0.25, 0.3) is 0 Å². The van der Waals surface area contributed by atoms with Crippen LogP contribution in [-0.2, 0) is 13.6 Å². The van der Waals surface area contributed by atoms with E-state index in [9.17, 15) is 4.79 Å². The van der Waals surface area contributed by atoms with Gasteiger partial charge in [0, 0.05) is 19.8 Å². The number of alkyl carbamates (subject to hydrolysis) is 1. The van der Waals surface area contributed by atoms with Crippen molar-refractivity contribution in [2.24, 2.45) is 0 Å². The Morgan fingerprint density at radius 2 is 1.52 bits per heavy atom. The molecular weight excluding hydrogens is 286 g/mol. The summed E-state index contributed by atoms with van der Waals surface area (Å²) >= 11 is 0. The van der Waals surface area contributed by atoms with E-state index < -0.39 is 8.56 Å². The molecule has 1 amide bonds. The Morgan fingerprint density at radius 3 is 2.05 bits per heavy atom. The maximum absolute atomic E-state index is 11.1. The number of ether oxygens (including phenoxy) is 1. The van der Waals surface area contributed by atoms with Gasteiger partial charge in [0.15, 0.2) is 0 Å². The minimum absolute atomic E-state index is 0.317. The zero-order valence-electron chi connectivity index (χ0n) is 14.2. The van der Waals surface area contributed by atoms with E-state index >= 15 is 0 Å². The molecule has 0 aromatic rings. The summed E-state index contributed by atoms with van der Waals surface area (Å²) in [7, 11) is -1.96. The first kappa shape index (κ1) is 20.4. The molecule has 0 unspecified atom stereocenters. The van der Waals surface area contributed by atoms with Crippen LogP contribution in [0.15, 0.2) is 0 Å². The number of hydrogen-bond donors (Lipinski definition) is 1. The highest BCUT2D eigenvalue weighted by molar-refractivity contribution is 6.67. The summed E-state index contributed by atoms with van der Waals surface area (Å²) < 4.78 is 16.7. The van der Waals surface area contributed by atoms with Gasteiger partial charge in [-0.2, -0.15) is 0 Å². The van der Waals surface area contributed by atoms with Crippen LogP contribution in [0.2, 0.25) is 12.1 Å². The van der Waals surface area contributed by atoms with Gasteiger partial charge in [-0.05, 0) is 39.3 Å². The monoisotopic (exact) mass is 319 g/mol. The van der Waals surface area contributed by atoms with Gasteiger partial charge in [-0.1, -0.05) is 26.2 Å². The van der Waals surface area contributed by atoms with Gasteiger partial charge < -0.3 is 18.9 Å². The molecule has 0 aliphatic rings. The Bertz CT molecular complexity index is 258. The van der Waals surface area contributed by atoms with Gasteiger partial charge in [0.1, 0.15) is 0 Å². The average Bonchev–Trinajstić information content (AvgIpc) is 2.46. The Hall–Kier alpha value is -0.593. The van der Waals surface area contributed by atoms with Gasteiger partial charge in [-0.3, -0.25) is 0 Å². The molecule has 0 radical (unpaired) electrons. The maximum atomic E-state index is 11.1. The van der Waals surface area contributed by atoms with E-state index in [1.54, 1.807) is 6.92 Å². The summed E-state index contributed by atoms with van der Waals surface area (Å²) in [5.41, 5.74) is 0. The van der Waals surface area contributed by atoms with Crippen molar-refractivity contribution < 1.29 is 18.4 Å². The van der Waals surface area contributed by atoms with Crippen molar-refractivity contribution in [2.75, 3.05) is 26.4 Å². The van der Waals surface area contributed by atoms with Crippen LogP contribution in [0, 0.1) is 0 Å². The van der Waals surface area contributed by atoms with E-state index in [-0.39, 0.29) is 6.09 Å². The van der Waals surface area contributed by atoms with Crippen LogP contribution >= 0.6 is 0 Å². The van der Waals surface area contributed by atoms with Crippen LogP contribution in [0.1, 0.15) is 53.4 Å². The number of rotatable bonds is 13. The Labute approximate surface area is 131 Å². The Morgan fingerprint density at radius 1 is 0.905 bits per heavy atom. The first-order valence-electron chi connectivity index (χ1n) is 8.32. The predicted octanol–water partition coefficient (Wildman–Crippen LogP) is 3.83. The number of amides is 1. The van der Waals surface area contributed by atoms with Crippen molar-refractivity contribution in [3.05, 3.63) is 0 Å². The molecule has 0 bridgehead atoms. The second kappa shape index (κ2) is 13.1. The summed E-state index contributed by atoms with van der Waals surface area (Å²) in [4.78, 5) is 11.1. The SMILES string of the molecule is CCOC(=O)NCCCCCC[Si](CC)(OCC)OCC. The average molecular weight is 320 g/mol. The molecule has 0 aliphatic carbocycles. The lowest BCUT2D eigenvalue weighted by atomic mass is 10.2. The smallest absolute Gasteiger partial charge is 0.407 e. The molecule has 0 aliphatic heterocycles. The highest BCUT2D eigenvalue weighted by Gasteiger charge is 2.33. The van der Waals surface area contributed by atoms with Crippen LogP contribution in [0.25, 0.3) is 0 Å². The third kappa shape index (κ3) is 9.87. The van der Waals surface area contributed by atoms with Crippen molar-refractivity contribution >= 4 is 14.7 Å². The van der Waals surface area contributed by atoms with Crippen LogP contribution in [0.5, 0.6) is 0 Å². The molecule has 0 rings (SSSR count). The molecular formula is C15H33NO4Si. The number of unbranched alkanes of at least 4 members (excludes halogenated alkanes) is 3. The second-order valence-electron chi connectivity index (χ2n) is 4.94. The van der Waals surface area contributed by atoms with Crippen LogP contribution < -0.4 is 5.32 Å². The van der Waals surface area contributed by atoms with Crippen molar-refractivity contribution in [3.8, 4) is 0 Å². The molecule has 21 heavy (non-hydrogen) atoms. The summed E-state index contributed by atoms with van der Waals surface area (Å²) in [6.07, 6.45) is 4.07. The molecule has 1 N–H and O–H groups in total. The van der Waals surface area contributed by atoms with Crippen molar-refractivity contribution in [1.82, 2.24) is 5.32 Å². The molecule has 0 saturated heterocycles. The van der Waals surface area contributed by atoms with Gasteiger partial charge in [-0.15, -0.1) is 0 Å². The predicted molar refractivity (Wildman–Crippen MR) is 87.8 cm³/mol. The molecule has 0 spiro atoms. The second-order valence-corrected chi connectivity index (χ2v) is 8.55. The van der Waals surface area contributed by atoms with E-state index in [2.05, 4.69) is 12.2 Å². The molecule has 0 heterocycles. The van der Waals surface area contributed by atoms with E-state index in [1.165, 1.54) is 0 Å². The molecule has 0 atom stereocenters. The summed E-state index contributed by atoms with van der Waals surface area (Å²) in [5, 5.41) is 2.74. The molecule has 0 fully saturated rings. The van der Waals surface area contributed by atoms with E-state index in [0.717, 1.165) is 51.0 Å². The Kier molecular flexibility index (Phi) is 12.7. The first-order valence-corrected chi connectivity index (χ1v) is 10.6.